The summed E-state index contributed by atoms with van der Waals surface area (Å²) in [5.74, 6) is -1.63. The van der Waals surface area contributed by atoms with Gasteiger partial charge in [0.25, 0.3) is 5.91 Å². The first-order valence-electron chi connectivity index (χ1n) is 12.9. The molecule has 0 aromatic carbocycles. The average molecular weight is 537 g/mol. The molecule has 4 N–H and O–H groups in total. The number of anilines is 2. The molecule has 10 nitrogen and oxygen atoms in total. The normalized spacial score (nSPS) is 17.7. The Bertz CT molecular complexity index is 1300. The van der Waals surface area contributed by atoms with Crippen molar-refractivity contribution in [2.24, 2.45) is 23.7 Å². The van der Waals surface area contributed by atoms with Crippen molar-refractivity contribution in [2.75, 3.05) is 24.2 Å². The minimum absolute atomic E-state index is 0.00551. The Morgan fingerprint density at radius 3 is 2.69 bits per heavy atom. The number of rotatable bonds is 11. The summed E-state index contributed by atoms with van der Waals surface area (Å²) in [6.07, 6.45) is 12.2. The standard InChI is InChI=1S/C28H37FN8O2/c1-6-18(3)23(19-14-33-37(5)17-19)16-31-24(7-2)22(13-30)28(39)35-25-11-20(15-32-27(25)29)34-26(38)12-21-9-8-10-36(21)4/h7,11,13-18,21H,2,6,8-10,12,30H2,1,3-5H3,(H,34,38)(H,35,39)/b22-13+,23-16+,31-24-. The van der Waals surface area contributed by atoms with E-state index < -0.39 is 11.9 Å². The molecule has 208 valence electrons. The molecular formula is C28H37FN8O2. The van der Waals surface area contributed by atoms with E-state index in [0.717, 1.165) is 43.1 Å². The number of halogens is 1. The van der Waals surface area contributed by atoms with Gasteiger partial charge in [0.05, 0.1) is 35.1 Å². The SMILES string of the molecule is C=CC(=N/C=C(/c1cnn(C)c1)C(C)CC)/C(=C\N)C(=O)Nc1cc(NC(=O)CC2CCCN2C)cnc1F. The maximum absolute atomic E-state index is 14.5. The van der Waals surface area contributed by atoms with Crippen molar-refractivity contribution in [3.8, 4) is 0 Å². The van der Waals surface area contributed by atoms with Crippen LogP contribution in [0.1, 0.15) is 45.1 Å². The number of nitrogens with zero attached hydrogens (tertiary/aromatic N) is 5. The molecule has 1 aliphatic heterocycles. The van der Waals surface area contributed by atoms with Crippen LogP contribution in [0.25, 0.3) is 5.57 Å². The van der Waals surface area contributed by atoms with Gasteiger partial charge in [-0.25, -0.2) is 4.98 Å². The van der Waals surface area contributed by atoms with Gasteiger partial charge in [-0.3, -0.25) is 19.3 Å². The molecule has 1 aliphatic rings. The zero-order chi connectivity index (χ0) is 28.5. The van der Waals surface area contributed by atoms with Crippen molar-refractivity contribution in [3.63, 3.8) is 0 Å². The van der Waals surface area contributed by atoms with E-state index in [9.17, 15) is 14.0 Å². The van der Waals surface area contributed by atoms with Gasteiger partial charge in [0.1, 0.15) is 0 Å². The fourth-order valence-corrected chi connectivity index (χ4v) is 4.38. The lowest BCUT2D eigenvalue weighted by atomic mass is 9.95. The third kappa shape index (κ3) is 7.70. The Morgan fingerprint density at radius 2 is 2.10 bits per heavy atom. The van der Waals surface area contributed by atoms with Gasteiger partial charge in [0.2, 0.25) is 11.9 Å². The minimum atomic E-state index is -0.902. The van der Waals surface area contributed by atoms with Gasteiger partial charge in [0.15, 0.2) is 0 Å². The molecule has 0 aliphatic carbocycles. The van der Waals surface area contributed by atoms with Crippen molar-refractivity contribution < 1.29 is 14.0 Å². The van der Waals surface area contributed by atoms with Crippen LogP contribution in [0.5, 0.6) is 0 Å². The number of carbonyl (C=O) groups is 2. The molecule has 2 atom stereocenters. The van der Waals surface area contributed by atoms with E-state index in [-0.39, 0.29) is 40.5 Å². The van der Waals surface area contributed by atoms with E-state index in [0.29, 0.717) is 6.42 Å². The second-order valence-corrected chi connectivity index (χ2v) is 9.64. The topological polar surface area (TPSA) is 131 Å². The molecule has 3 rings (SSSR count). The first kappa shape index (κ1) is 29.4. The maximum atomic E-state index is 14.5. The highest BCUT2D eigenvalue weighted by Gasteiger charge is 2.24. The molecular weight excluding hydrogens is 499 g/mol. The number of aliphatic imine (C=N–C) groups is 1. The predicted molar refractivity (Wildman–Crippen MR) is 152 cm³/mol. The smallest absolute Gasteiger partial charge is 0.259 e. The fraction of sp³-hybridized carbons (Fsp3) is 0.393. The van der Waals surface area contributed by atoms with Gasteiger partial charge < -0.3 is 21.3 Å². The highest BCUT2D eigenvalue weighted by molar-refractivity contribution is 6.29. The Kier molecular flexibility index (Phi) is 10.3. The lowest BCUT2D eigenvalue weighted by molar-refractivity contribution is -0.117. The summed E-state index contributed by atoms with van der Waals surface area (Å²) >= 11 is 0. The Balaban J connectivity index is 1.78. The summed E-state index contributed by atoms with van der Waals surface area (Å²) in [6, 6.07) is 1.48. The van der Waals surface area contributed by atoms with E-state index in [1.807, 2.05) is 20.3 Å². The van der Waals surface area contributed by atoms with Crippen LogP contribution in [0.3, 0.4) is 0 Å². The maximum Gasteiger partial charge on any atom is 0.259 e. The first-order chi connectivity index (χ1) is 18.7. The third-order valence-electron chi connectivity index (χ3n) is 6.87. The van der Waals surface area contributed by atoms with Crippen molar-refractivity contribution in [1.29, 1.82) is 0 Å². The second-order valence-electron chi connectivity index (χ2n) is 9.64. The highest BCUT2D eigenvalue weighted by Crippen LogP contribution is 2.26. The number of allylic oxidation sites excluding steroid dienone is 2. The van der Waals surface area contributed by atoms with Gasteiger partial charge in [0, 0.05) is 43.7 Å². The Morgan fingerprint density at radius 1 is 1.33 bits per heavy atom. The average Bonchev–Trinajstić information content (AvgIpc) is 3.52. The number of hydrogen-bond acceptors (Lipinski definition) is 7. The fourth-order valence-electron chi connectivity index (χ4n) is 4.38. The third-order valence-corrected chi connectivity index (χ3v) is 6.87. The number of amides is 2. The number of likely N-dealkylation sites (tertiary alicyclic amines) is 1. The molecule has 0 spiro atoms. The largest absolute Gasteiger partial charge is 0.404 e. The van der Waals surface area contributed by atoms with Gasteiger partial charge in [-0.2, -0.15) is 9.49 Å². The number of aromatic nitrogens is 3. The van der Waals surface area contributed by atoms with Crippen molar-refractivity contribution in [1.82, 2.24) is 19.7 Å². The van der Waals surface area contributed by atoms with E-state index in [2.05, 4.69) is 51.0 Å². The predicted octanol–water partition coefficient (Wildman–Crippen LogP) is 3.87. The number of pyridine rings is 1. The van der Waals surface area contributed by atoms with E-state index >= 15 is 0 Å². The van der Waals surface area contributed by atoms with Gasteiger partial charge in [-0.05, 0) is 56.5 Å². The summed E-state index contributed by atoms with van der Waals surface area (Å²) in [7, 11) is 3.82. The highest BCUT2D eigenvalue weighted by atomic mass is 19.1. The molecule has 1 saturated heterocycles. The molecule has 1 fully saturated rings. The molecule has 2 aromatic heterocycles. The van der Waals surface area contributed by atoms with Crippen LogP contribution in [0, 0.1) is 11.9 Å². The zero-order valence-corrected chi connectivity index (χ0v) is 22.9. The summed E-state index contributed by atoms with van der Waals surface area (Å²) < 4.78 is 16.2. The summed E-state index contributed by atoms with van der Waals surface area (Å²) in [6.45, 7) is 8.86. The van der Waals surface area contributed by atoms with E-state index in [1.165, 1.54) is 18.3 Å². The monoisotopic (exact) mass is 536 g/mol. The molecule has 2 unspecified atom stereocenters. The molecule has 0 radical (unpaired) electrons. The summed E-state index contributed by atoms with van der Waals surface area (Å²) in [4.78, 5) is 35.9. The molecule has 2 amide bonds. The zero-order valence-electron chi connectivity index (χ0n) is 22.9. The molecule has 0 bridgehead atoms. The summed E-state index contributed by atoms with van der Waals surface area (Å²) in [5, 5.41) is 9.44. The molecule has 3 heterocycles. The Labute approximate surface area is 228 Å². The Hall–Kier alpha value is -4.12. The van der Waals surface area contributed by atoms with Crippen LogP contribution >= 0.6 is 0 Å². The number of nitrogens with one attached hydrogen (secondary N) is 2. The van der Waals surface area contributed by atoms with E-state index in [1.54, 1.807) is 17.1 Å². The molecule has 0 saturated carbocycles. The van der Waals surface area contributed by atoms with Crippen LogP contribution in [-0.4, -0.2) is 56.8 Å². The minimum Gasteiger partial charge on any atom is -0.404 e. The first-order valence-corrected chi connectivity index (χ1v) is 12.9. The van der Waals surface area contributed by atoms with Gasteiger partial charge in [-0.1, -0.05) is 20.4 Å². The molecule has 11 heteroatoms. The number of carbonyl (C=O) groups excluding carboxylic acids is 2. The van der Waals surface area contributed by atoms with Gasteiger partial charge in [-0.15, -0.1) is 0 Å². The van der Waals surface area contributed by atoms with Gasteiger partial charge >= 0.3 is 0 Å². The van der Waals surface area contributed by atoms with Crippen molar-refractivity contribution in [2.45, 2.75) is 45.6 Å². The summed E-state index contributed by atoms with van der Waals surface area (Å²) in [5.41, 5.74) is 7.89. The van der Waals surface area contributed by atoms with Crippen LogP contribution in [-0.2, 0) is 16.6 Å². The van der Waals surface area contributed by atoms with Crippen LogP contribution < -0.4 is 16.4 Å². The quantitative estimate of drug-likeness (QED) is 0.227. The molecule has 39 heavy (non-hydrogen) atoms. The van der Waals surface area contributed by atoms with Crippen LogP contribution in [0.4, 0.5) is 15.8 Å². The van der Waals surface area contributed by atoms with Crippen LogP contribution in [0.15, 0.2) is 60.3 Å². The second kappa shape index (κ2) is 13.6. The van der Waals surface area contributed by atoms with Crippen molar-refractivity contribution >= 4 is 34.5 Å². The van der Waals surface area contributed by atoms with Crippen LogP contribution in [0.2, 0.25) is 0 Å². The lowest BCUT2D eigenvalue weighted by Crippen LogP contribution is -2.29. The molecule has 2 aromatic rings. The number of nitrogens with two attached hydrogens (primary N) is 1. The number of hydrogen-bond donors (Lipinski definition) is 3. The van der Waals surface area contributed by atoms with Crippen molar-refractivity contribution in [3.05, 3.63) is 66.8 Å². The number of aryl methyl sites for hydroxylation is 1. The van der Waals surface area contributed by atoms with E-state index in [4.69, 9.17) is 5.73 Å². The lowest BCUT2D eigenvalue weighted by Gasteiger charge is -2.18.